The molecule has 0 aliphatic rings. The van der Waals surface area contributed by atoms with E-state index in [2.05, 4.69) is 0 Å². The van der Waals surface area contributed by atoms with Crippen LogP contribution in [0.15, 0.2) is 42.5 Å². The van der Waals surface area contributed by atoms with Crippen molar-refractivity contribution in [1.29, 1.82) is 0 Å². The Morgan fingerprint density at radius 2 is 1.86 bits per heavy atom. The smallest absolute Gasteiger partial charge is 0.335 e. The standard InChI is InChI=1S/C14H11ClN2O4/c1-16(11-5-2-9(3-6-11)14(18)19)12-7-4-10(15)8-13(12)17(20)21/h2-8H,1H3,(H,18,19). The fourth-order valence-corrected chi connectivity index (χ4v) is 2.06. The van der Waals surface area contributed by atoms with Crippen LogP contribution in [0.3, 0.4) is 0 Å². The van der Waals surface area contributed by atoms with Crippen LogP contribution in [0.4, 0.5) is 17.1 Å². The number of nitro groups is 1. The van der Waals surface area contributed by atoms with Gasteiger partial charge in [0.25, 0.3) is 5.69 Å². The van der Waals surface area contributed by atoms with Gasteiger partial charge in [-0.1, -0.05) is 11.6 Å². The van der Waals surface area contributed by atoms with Gasteiger partial charge in [-0.05, 0) is 36.4 Å². The number of hydrogen-bond donors (Lipinski definition) is 1. The summed E-state index contributed by atoms with van der Waals surface area (Å²) in [6.07, 6.45) is 0. The Labute approximate surface area is 125 Å². The van der Waals surface area contributed by atoms with Crippen LogP contribution >= 0.6 is 11.6 Å². The molecule has 1 N–H and O–H groups in total. The fraction of sp³-hybridized carbons (Fsp3) is 0.0714. The lowest BCUT2D eigenvalue weighted by molar-refractivity contribution is -0.384. The van der Waals surface area contributed by atoms with Gasteiger partial charge >= 0.3 is 5.97 Å². The summed E-state index contributed by atoms with van der Waals surface area (Å²) in [6, 6.07) is 10.4. The summed E-state index contributed by atoms with van der Waals surface area (Å²) in [7, 11) is 1.66. The Bertz CT molecular complexity index is 701. The minimum atomic E-state index is -1.03. The van der Waals surface area contributed by atoms with Gasteiger partial charge in [-0.25, -0.2) is 4.79 Å². The number of carbonyl (C=O) groups is 1. The molecule has 0 amide bonds. The lowest BCUT2D eigenvalue weighted by Crippen LogP contribution is -2.11. The Morgan fingerprint density at radius 1 is 1.24 bits per heavy atom. The van der Waals surface area contributed by atoms with Crippen molar-refractivity contribution < 1.29 is 14.8 Å². The van der Waals surface area contributed by atoms with Crippen molar-refractivity contribution in [3.63, 3.8) is 0 Å². The number of carboxylic acid groups (broad SMARTS) is 1. The first-order valence-corrected chi connectivity index (χ1v) is 6.29. The van der Waals surface area contributed by atoms with Crippen molar-refractivity contribution in [3.05, 3.63) is 63.2 Å². The molecule has 0 unspecified atom stereocenters. The summed E-state index contributed by atoms with van der Waals surface area (Å²) in [5.74, 6) is -1.03. The van der Waals surface area contributed by atoms with Crippen LogP contribution in [0.2, 0.25) is 5.02 Å². The Kier molecular flexibility index (Phi) is 4.09. The molecule has 0 bridgehead atoms. The molecule has 0 aromatic heterocycles. The van der Waals surface area contributed by atoms with E-state index in [1.165, 1.54) is 18.2 Å². The molecule has 21 heavy (non-hydrogen) atoms. The first-order chi connectivity index (χ1) is 9.90. The zero-order valence-corrected chi connectivity index (χ0v) is 11.7. The SMILES string of the molecule is CN(c1ccc(C(=O)O)cc1)c1ccc(Cl)cc1[N+](=O)[O-]. The minimum absolute atomic E-state index is 0.118. The largest absolute Gasteiger partial charge is 0.478 e. The van der Waals surface area contributed by atoms with E-state index in [0.717, 1.165) is 0 Å². The summed E-state index contributed by atoms with van der Waals surface area (Å²) < 4.78 is 0. The first kappa shape index (κ1) is 14.8. The number of hydrogen-bond acceptors (Lipinski definition) is 4. The summed E-state index contributed by atoms with van der Waals surface area (Å²) in [6.45, 7) is 0. The summed E-state index contributed by atoms with van der Waals surface area (Å²) in [4.78, 5) is 23.0. The van der Waals surface area contributed by atoms with Crippen LogP contribution in [0.1, 0.15) is 10.4 Å². The minimum Gasteiger partial charge on any atom is -0.478 e. The zero-order valence-electron chi connectivity index (χ0n) is 11.0. The molecular weight excluding hydrogens is 296 g/mol. The van der Waals surface area contributed by atoms with E-state index in [1.54, 1.807) is 36.2 Å². The van der Waals surface area contributed by atoms with Crippen LogP contribution in [-0.2, 0) is 0 Å². The molecule has 0 aliphatic heterocycles. The van der Waals surface area contributed by atoms with Crippen LogP contribution in [0.5, 0.6) is 0 Å². The van der Waals surface area contributed by atoms with E-state index in [9.17, 15) is 14.9 Å². The maximum Gasteiger partial charge on any atom is 0.335 e. The van der Waals surface area contributed by atoms with E-state index in [0.29, 0.717) is 11.4 Å². The molecule has 0 spiro atoms. The second-order valence-electron chi connectivity index (χ2n) is 4.30. The predicted octanol–water partition coefficient (Wildman–Crippen LogP) is 3.71. The highest BCUT2D eigenvalue weighted by molar-refractivity contribution is 6.30. The van der Waals surface area contributed by atoms with Crippen molar-refractivity contribution in [2.24, 2.45) is 0 Å². The third-order valence-corrected chi connectivity index (χ3v) is 3.23. The molecule has 0 fully saturated rings. The lowest BCUT2D eigenvalue weighted by Gasteiger charge is -2.19. The Morgan fingerprint density at radius 3 is 2.38 bits per heavy atom. The van der Waals surface area contributed by atoms with E-state index in [1.807, 2.05) is 0 Å². The number of nitro benzene ring substituents is 1. The predicted molar refractivity (Wildman–Crippen MR) is 79.6 cm³/mol. The number of aromatic carboxylic acids is 1. The number of nitrogens with zero attached hydrogens (tertiary/aromatic N) is 2. The number of rotatable bonds is 4. The van der Waals surface area contributed by atoms with Crippen molar-refractivity contribution in [3.8, 4) is 0 Å². The molecule has 108 valence electrons. The van der Waals surface area contributed by atoms with E-state index in [4.69, 9.17) is 16.7 Å². The summed E-state index contributed by atoms with van der Waals surface area (Å²) in [5.41, 5.74) is 1.03. The maximum absolute atomic E-state index is 11.1. The number of anilines is 2. The van der Waals surface area contributed by atoms with Crippen molar-refractivity contribution in [2.45, 2.75) is 0 Å². The molecule has 0 aliphatic carbocycles. The fourth-order valence-electron chi connectivity index (χ4n) is 1.89. The van der Waals surface area contributed by atoms with Gasteiger partial charge in [0.15, 0.2) is 0 Å². The summed E-state index contributed by atoms with van der Waals surface area (Å²) in [5, 5.41) is 20.2. The van der Waals surface area contributed by atoms with Gasteiger partial charge in [-0.3, -0.25) is 10.1 Å². The normalized spacial score (nSPS) is 10.2. The van der Waals surface area contributed by atoms with Crippen molar-refractivity contribution in [2.75, 3.05) is 11.9 Å². The van der Waals surface area contributed by atoms with Crippen LogP contribution in [-0.4, -0.2) is 23.0 Å². The topological polar surface area (TPSA) is 83.7 Å². The highest BCUT2D eigenvalue weighted by atomic mass is 35.5. The second-order valence-corrected chi connectivity index (χ2v) is 4.74. The Balaban J connectivity index is 2.42. The van der Waals surface area contributed by atoms with Crippen molar-refractivity contribution >= 4 is 34.6 Å². The van der Waals surface area contributed by atoms with Gasteiger partial charge in [-0.15, -0.1) is 0 Å². The van der Waals surface area contributed by atoms with Gasteiger partial charge in [-0.2, -0.15) is 0 Å². The van der Waals surface area contributed by atoms with E-state index in [-0.39, 0.29) is 16.3 Å². The van der Waals surface area contributed by atoms with Crippen molar-refractivity contribution in [1.82, 2.24) is 0 Å². The quantitative estimate of drug-likeness (QED) is 0.687. The van der Waals surface area contributed by atoms with E-state index >= 15 is 0 Å². The highest BCUT2D eigenvalue weighted by Gasteiger charge is 2.18. The first-order valence-electron chi connectivity index (χ1n) is 5.91. The number of halogens is 1. The average Bonchev–Trinajstić information content (AvgIpc) is 2.46. The molecule has 2 aromatic carbocycles. The molecule has 2 aromatic rings. The van der Waals surface area contributed by atoms with E-state index < -0.39 is 10.9 Å². The zero-order chi connectivity index (χ0) is 15.6. The molecular formula is C14H11ClN2O4. The summed E-state index contributed by atoms with van der Waals surface area (Å²) >= 11 is 5.78. The van der Waals surface area contributed by atoms with Gasteiger partial charge in [0.05, 0.1) is 10.5 Å². The molecule has 2 rings (SSSR count). The van der Waals surface area contributed by atoms with Crippen LogP contribution in [0, 0.1) is 10.1 Å². The molecule has 0 heterocycles. The molecule has 0 saturated heterocycles. The van der Waals surface area contributed by atoms with Crippen LogP contribution < -0.4 is 4.90 Å². The highest BCUT2D eigenvalue weighted by Crippen LogP contribution is 2.34. The van der Waals surface area contributed by atoms with Crippen LogP contribution in [0.25, 0.3) is 0 Å². The molecule has 0 radical (unpaired) electrons. The lowest BCUT2D eigenvalue weighted by atomic mass is 10.2. The third kappa shape index (κ3) is 3.11. The average molecular weight is 307 g/mol. The third-order valence-electron chi connectivity index (χ3n) is 3.00. The molecule has 0 atom stereocenters. The molecule has 0 saturated carbocycles. The number of benzene rings is 2. The maximum atomic E-state index is 11.1. The Hall–Kier alpha value is -2.60. The second kappa shape index (κ2) is 5.80. The van der Waals surface area contributed by atoms with Gasteiger partial charge in [0.1, 0.15) is 5.69 Å². The van der Waals surface area contributed by atoms with Gasteiger partial charge in [0.2, 0.25) is 0 Å². The number of carboxylic acids is 1. The van der Waals surface area contributed by atoms with Gasteiger partial charge < -0.3 is 10.0 Å². The molecule has 6 nitrogen and oxygen atoms in total. The van der Waals surface area contributed by atoms with Gasteiger partial charge in [0, 0.05) is 23.8 Å². The molecule has 7 heteroatoms. The monoisotopic (exact) mass is 306 g/mol.